The fourth-order valence-electron chi connectivity index (χ4n) is 0.661. The molecule has 78 valence electrons. The Morgan fingerprint density at radius 3 is 2.15 bits per heavy atom. The highest BCUT2D eigenvalue weighted by atomic mass is 19.3. The van der Waals surface area contributed by atoms with E-state index in [0.717, 1.165) is 0 Å². The molecule has 3 nitrogen and oxygen atoms in total. The van der Waals surface area contributed by atoms with Gasteiger partial charge < -0.3 is 10.5 Å². The van der Waals surface area contributed by atoms with Gasteiger partial charge in [-0.25, -0.2) is 8.78 Å². The zero-order chi connectivity index (χ0) is 10.7. The quantitative estimate of drug-likeness (QED) is 0.691. The first-order chi connectivity index (χ1) is 5.66. The number of carbonyl (C=O) groups excluding carboxylic acids is 1. The van der Waals surface area contributed by atoms with E-state index in [1.54, 1.807) is 20.8 Å². The number of esters is 1. The van der Waals surface area contributed by atoms with Crippen molar-refractivity contribution in [2.45, 2.75) is 38.7 Å². The van der Waals surface area contributed by atoms with E-state index in [4.69, 9.17) is 10.5 Å². The summed E-state index contributed by atoms with van der Waals surface area (Å²) in [6.07, 6.45) is -0.958. The van der Waals surface area contributed by atoms with Gasteiger partial charge in [0.15, 0.2) is 0 Å². The number of carbonyl (C=O) groups is 1. The van der Waals surface area contributed by atoms with Crippen molar-refractivity contribution in [3.8, 4) is 0 Å². The van der Waals surface area contributed by atoms with E-state index in [0.29, 0.717) is 0 Å². The number of ether oxygens (including phenoxy) is 1. The molecule has 0 fully saturated rings. The van der Waals surface area contributed by atoms with E-state index in [1.165, 1.54) is 0 Å². The summed E-state index contributed by atoms with van der Waals surface area (Å²) >= 11 is 0. The topological polar surface area (TPSA) is 52.3 Å². The fraction of sp³-hybridized carbons (Fsp3) is 0.875. The van der Waals surface area contributed by atoms with Crippen molar-refractivity contribution in [1.29, 1.82) is 0 Å². The van der Waals surface area contributed by atoms with Crippen molar-refractivity contribution in [1.82, 2.24) is 0 Å². The maximum Gasteiger partial charge on any atom is 0.312 e. The molecule has 0 amide bonds. The Morgan fingerprint density at radius 1 is 1.38 bits per heavy atom. The van der Waals surface area contributed by atoms with Crippen LogP contribution in [0.3, 0.4) is 0 Å². The molecular formula is C8H15F2NO2. The van der Waals surface area contributed by atoms with Crippen molar-refractivity contribution >= 4 is 5.97 Å². The van der Waals surface area contributed by atoms with Crippen LogP contribution in [0.15, 0.2) is 0 Å². The van der Waals surface area contributed by atoms with Crippen LogP contribution in [-0.2, 0) is 9.53 Å². The number of hydrogen-bond acceptors (Lipinski definition) is 3. The predicted octanol–water partition coefficient (Wildman–Crippen LogP) is 1.31. The second-order valence-electron chi connectivity index (χ2n) is 3.82. The van der Waals surface area contributed by atoms with Gasteiger partial charge in [-0.15, -0.1) is 0 Å². The molecule has 0 bridgehead atoms. The van der Waals surface area contributed by atoms with Crippen LogP contribution in [0.4, 0.5) is 8.78 Å². The van der Waals surface area contributed by atoms with Gasteiger partial charge in [0.2, 0.25) is 0 Å². The average Bonchev–Trinajstić information content (AvgIpc) is 1.81. The predicted molar refractivity (Wildman–Crippen MR) is 44.5 cm³/mol. The molecule has 0 aromatic rings. The molecule has 0 rings (SSSR count). The maximum absolute atomic E-state index is 12.6. The Balaban J connectivity index is 4.03. The van der Waals surface area contributed by atoms with Crippen LogP contribution in [0.1, 0.15) is 27.2 Å². The summed E-state index contributed by atoms with van der Waals surface area (Å²) in [7, 11) is 0. The normalized spacial score (nSPS) is 12.8. The highest BCUT2D eigenvalue weighted by molar-refractivity contribution is 5.70. The van der Waals surface area contributed by atoms with Gasteiger partial charge in [-0.3, -0.25) is 4.79 Å². The average molecular weight is 195 g/mol. The minimum absolute atomic E-state index is 0.734. The smallest absolute Gasteiger partial charge is 0.312 e. The standard InChI is InChI=1S/C8H15F2NO2/c1-7(2,3)13-6(12)4-8(9,10)5-11/h4-5,11H2,1-3H3. The SMILES string of the molecule is CC(C)(C)OC(=O)CC(F)(F)CN. The first-order valence-corrected chi connectivity index (χ1v) is 3.96. The number of halogens is 2. The Labute approximate surface area is 76.2 Å². The van der Waals surface area contributed by atoms with Gasteiger partial charge in [0.25, 0.3) is 5.92 Å². The summed E-state index contributed by atoms with van der Waals surface area (Å²) in [6.45, 7) is 4.01. The van der Waals surface area contributed by atoms with Gasteiger partial charge >= 0.3 is 5.97 Å². The van der Waals surface area contributed by atoms with Gasteiger partial charge in [-0.05, 0) is 20.8 Å². The van der Waals surface area contributed by atoms with E-state index in [-0.39, 0.29) is 0 Å². The third-order valence-electron chi connectivity index (χ3n) is 1.12. The molecule has 0 unspecified atom stereocenters. The first kappa shape index (κ1) is 12.3. The summed E-state index contributed by atoms with van der Waals surface area (Å²) in [5.74, 6) is -4.09. The van der Waals surface area contributed by atoms with Crippen LogP contribution in [0.25, 0.3) is 0 Å². The number of nitrogens with two attached hydrogens (primary N) is 1. The van der Waals surface area contributed by atoms with Crippen molar-refractivity contribution in [2.75, 3.05) is 6.54 Å². The molecule has 0 heterocycles. The Hall–Kier alpha value is -0.710. The molecule has 0 aliphatic carbocycles. The van der Waals surface area contributed by atoms with E-state index >= 15 is 0 Å². The van der Waals surface area contributed by atoms with Crippen molar-refractivity contribution in [3.63, 3.8) is 0 Å². The lowest BCUT2D eigenvalue weighted by atomic mass is 10.2. The third kappa shape index (κ3) is 6.45. The molecule has 0 spiro atoms. The van der Waals surface area contributed by atoms with Crippen LogP contribution in [0, 0.1) is 0 Å². The highest BCUT2D eigenvalue weighted by Crippen LogP contribution is 2.19. The monoisotopic (exact) mass is 195 g/mol. The molecule has 5 heteroatoms. The van der Waals surface area contributed by atoms with E-state index < -0.39 is 30.5 Å². The molecule has 0 aliphatic rings. The molecule has 13 heavy (non-hydrogen) atoms. The second-order valence-corrected chi connectivity index (χ2v) is 3.82. The van der Waals surface area contributed by atoms with Crippen LogP contribution in [-0.4, -0.2) is 24.0 Å². The summed E-state index contributed by atoms with van der Waals surface area (Å²) < 4.78 is 29.8. The third-order valence-corrected chi connectivity index (χ3v) is 1.12. The molecule has 0 aromatic carbocycles. The first-order valence-electron chi connectivity index (χ1n) is 3.96. The van der Waals surface area contributed by atoms with Crippen LogP contribution >= 0.6 is 0 Å². The number of hydrogen-bond donors (Lipinski definition) is 1. The van der Waals surface area contributed by atoms with Gasteiger partial charge in [-0.1, -0.05) is 0 Å². The number of rotatable bonds is 3. The molecule has 0 radical (unpaired) electrons. The molecule has 0 aromatic heterocycles. The molecular weight excluding hydrogens is 180 g/mol. The van der Waals surface area contributed by atoms with Gasteiger partial charge in [0.05, 0.1) is 6.54 Å². The fourth-order valence-corrected chi connectivity index (χ4v) is 0.661. The lowest BCUT2D eigenvalue weighted by Gasteiger charge is -2.21. The molecule has 0 saturated heterocycles. The summed E-state index contributed by atoms with van der Waals surface area (Å²) in [6, 6.07) is 0. The van der Waals surface area contributed by atoms with Crippen LogP contribution in [0.5, 0.6) is 0 Å². The minimum atomic E-state index is -3.16. The zero-order valence-electron chi connectivity index (χ0n) is 8.06. The number of alkyl halides is 2. The van der Waals surface area contributed by atoms with E-state index in [9.17, 15) is 13.6 Å². The Bertz CT molecular complexity index is 187. The Kier molecular flexibility index (Phi) is 3.78. The summed E-state index contributed by atoms with van der Waals surface area (Å²) in [4.78, 5) is 10.9. The molecule has 0 aliphatic heterocycles. The largest absolute Gasteiger partial charge is 0.460 e. The van der Waals surface area contributed by atoms with Crippen LogP contribution in [0.2, 0.25) is 0 Å². The Morgan fingerprint density at radius 2 is 1.85 bits per heavy atom. The second kappa shape index (κ2) is 4.00. The lowest BCUT2D eigenvalue weighted by Crippen LogP contribution is -2.34. The molecule has 0 atom stereocenters. The van der Waals surface area contributed by atoms with Gasteiger partial charge in [0.1, 0.15) is 12.0 Å². The summed E-state index contributed by atoms with van der Waals surface area (Å²) in [5.41, 5.74) is 4.03. The van der Waals surface area contributed by atoms with Crippen molar-refractivity contribution in [3.05, 3.63) is 0 Å². The summed E-state index contributed by atoms with van der Waals surface area (Å²) in [5, 5.41) is 0. The van der Waals surface area contributed by atoms with Crippen LogP contribution < -0.4 is 5.73 Å². The maximum atomic E-state index is 12.6. The van der Waals surface area contributed by atoms with Crippen molar-refractivity contribution < 1.29 is 18.3 Å². The van der Waals surface area contributed by atoms with Gasteiger partial charge in [0, 0.05) is 0 Å². The van der Waals surface area contributed by atoms with Crippen molar-refractivity contribution in [2.24, 2.45) is 5.73 Å². The molecule has 0 saturated carbocycles. The van der Waals surface area contributed by atoms with Gasteiger partial charge in [-0.2, -0.15) is 0 Å². The van der Waals surface area contributed by atoms with E-state index in [2.05, 4.69) is 0 Å². The zero-order valence-corrected chi connectivity index (χ0v) is 8.06. The lowest BCUT2D eigenvalue weighted by molar-refractivity contribution is -0.162. The molecule has 2 N–H and O–H groups in total. The van der Waals surface area contributed by atoms with E-state index in [1.807, 2.05) is 0 Å². The minimum Gasteiger partial charge on any atom is -0.460 e. The highest BCUT2D eigenvalue weighted by Gasteiger charge is 2.32.